The highest BCUT2D eigenvalue weighted by Crippen LogP contribution is 2.29. The van der Waals surface area contributed by atoms with Gasteiger partial charge in [0.1, 0.15) is 0 Å². The monoisotopic (exact) mass is 330 g/mol. The van der Waals surface area contributed by atoms with Crippen LogP contribution in [0.25, 0.3) is 0 Å². The molecule has 3 rings (SSSR count). The summed E-state index contributed by atoms with van der Waals surface area (Å²) in [6.45, 7) is 6.17. The van der Waals surface area contributed by atoms with Crippen molar-refractivity contribution in [1.29, 1.82) is 0 Å². The molecule has 0 amide bonds. The van der Waals surface area contributed by atoms with Crippen molar-refractivity contribution in [2.45, 2.75) is 37.6 Å². The van der Waals surface area contributed by atoms with Crippen LogP contribution in [-0.2, 0) is 10.0 Å². The minimum absolute atomic E-state index is 0. The molecule has 2 aliphatic heterocycles. The number of hydrogen-bond donors (Lipinski definition) is 1. The molecule has 2 heterocycles. The predicted molar refractivity (Wildman–Crippen MR) is 86.4 cm³/mol. The Balaban J connectivity index is 0.00000161. The fourth-order valence-corrected chi connectivity index (χ4v) is 5.18. The maximum Gasteiger partial charge on any atom is 0.243 e. The smallest absolute Gasteiger partial charge is 0.243 e. The molecule has 6 heteroatoms. The van der Waals surface area contributed by atoms with Crippen molar-refractivity contribution < 1.29 is 8.42 Å². The van der Waals surface area contributed by atoms with E-state index in [1.807, 2.05) is 26.0 Å². The molecule has 2 aliphatic rings. The van der Waals surface area contributed by atoms with Crippen LogP contribution in [0.15, 0.2) is 23.1 Å². The Kier molecular flexibility index (Phi) is 4.98. The third kappa shape index (κ3) is 3.11. The van der Waals surface area contributed by atoms with Crippen LogP contribution in [0.4, 0.5) is 0 Å². The van der Waals surface area contributed by atoms with Gasteiger partial charge in [-0.1, -0.05) is 17.7 Å². The normalized spacial score (nSPS) is 26.2. The van der Waals surface area contributed by atoms with Crippen molar-refractivity contribution in [3.05, 3.63) is 29.3 Å². The second kappa shape index (κ2) is 6.24. The largest absolute Gasteiger partial charge is 0.314 e. The summed E-state index contributed by atoms with van der Waals surface area (Å²) in [5.41, 5.74) is 1.94. The second-order valence-electron chi connectivity index (χ2n) is 6.03. The fourth-order valence-electron chi connectivity index (χ4n) is 3.46. The highest BCUT2D eigenvalue weighted by Gasteiger charge is 2.37. The molecule has 0 aromatic heterocycles. The molecule has 0 bridgehead atoms. The maximum atomic E-state index is 12.8. The zero-order chi connectivity index (χ0) is 14.3. The van der Waals surface area contributed by atoms with E-state index in [1.54, 1.807) is 10.4 Å². The zero-order valence-electron chi connectivity index (χ0n) is 12.5. The van der Waals surface area contributed by atoms with E-state index in [2.05, 4.69) is 5.32 Å². The lowest BCUT2D eigenvalue weighted by Crippen LogP contribution is -2.46. The number of rotatable bonds is 2. The van der Waals surface area contributed by atoms with Crippen LogP contribution in [0.1, 0.15) is 24.0 Å². The molecular formula is C15H23ClN2O2S. The van der Waals surface area contributed by atoms with E-state index >= 15 is 0 Å². The van der Waals surface area contributed by atoms with Gasteiger partial charge in [0.05, 0.1) is 4.90 Å². The third-order valence-corrected chi connectivity index (χ3v) is 6.59. The number of benzene rings is 1. The van der Waals surface area contributed by atoms with Gasteiger partial charge in [0.25, 0.3) is 0 Å². The minimum atomic E-state index is -3.34. The van der Waals surface area contributed by atoms with E-state index in [4.69, 9.17) is 0 Å². The first-order valence-electron chi connectivity index (χ1n) is 7.29. The van der Waals surface area contributed by atoms with Crippen LogP contribution in [0.3, 0.4) is 0 Å². The summed E-state index contributed by atoms with van der Waals surface area (Å²) in [6, 6.07) is 6.08. The van der Waals surface area contributed by atoms with E-state index in [1.165, 1.54) is 0 Å². The van der Waals surface area contributed by atoms with E-state index in [9.17, 15) is 8.42 Å². The van der Waals surface area contributed by atoms with Crippen molar-refractivity contribution in [2.75, 3.05) is 19.6 Å². The number of hydrogen-bond acceptors (Lipinski definition) is 3. The van der Waals surface area contributed by atoms with E-state index in [-0.39, 0.29) is 12.4 Å². The Morgan fingerprint density at radius 3 is 2.71 bits per heavy atom. The van der Waals surface area contributed by atoms with Gasteiger partial charge in [0.15, 0.2) is 0 Å². The molecule has 0 radical (unpaired) electrons. The molecule has 1 aromatic rings. The molecule has 2 unspecified atom stereocenters. The lowest BCUT2D eigenvalue weighted by Gasteiger charge is -2.34. The zero-order valence-corrected chi connectivity index (χ0v) is 14.1. The summed E-state index contributed by atoms with van der Waals surface area (Å²) in [7, 11) is -3.34. The van der Waals surface area contributed by atoms with Crippen LogP contribution in [0.5, 0.6) is 0 Å². The molecule has 0 saturated carbocycles. The fraction of sp³-hybridized carbons (Fsp3) is 0.600. The Hall–Kier alpha value is -0.620. The molecular weight excluding hydrogens is 308 g/mol. The molecule has 118 valence electrons. The molecule has 4 nitrogen and oxygen atoms in total. The number of fused-ring (bicyclic) bond motifs is 1. The number of sulfonamides is 1. The van der Waals surface area contributed by atoms with Crippen molar-refractivity contribution in [2.24, 2.45) is 5.92 Å². The van der Waals surface area contributed by atoms with Crippen LogP contribution in [0, 0.1) is 19.8 Å². The van der Waals surface area contributed by atoms with Gasteiger partial charge in [-0.3, -0.25) is 0 Å². The highest BCUT2D eigenvalue weighted by atomic mass is 35.5. The Morgan fingerprint density at radius 1 is 1.24 bits per heavy atom. The standard InChI is InChI=1S/C15H22N2O2S.ClH/c1-11-3-4-15(12(2)9-11)20(18,19)17-8-6-14-13(10-17)5-7-16-14;/h3-4,9,13-14,16H,5-8,10H2,1-2H3;1H. The molecule has 1 aromatic carbocycles. The van der Waals surface area contributed by atoms with Gasteiger partial charge in [0.2, 0.25) is 10.0 Å². The average Bonchev–Trinajstić information content (AvgIpc) is 2.85. The summed E-state index contributed by atoms with van der Waals surface area (Å²) < 4.78 is 27.3. The first-order valence-corrected chi connectivity index (χ1v) is 8.73. The minimum Gasteiger partial charge on any atom is -0.314 e. The van der Waals surface area contributed by atoms with Gasteiger partial charge in [-0.05, 0) is 50.8 Å². The van der Waals surface area contributed by atoms with Gasteiger partial charge in [-0.2, -0.15) is 4.31 Å². The summed E-state index contributed by atoms with van der Waals surface area (Å²) in [6.07, 6.45) is 2.01. The third-order valence-electron chi connectivity index (χ3n) is 4.57. The van der Waals surface area contributed by atoms with Gasteiger partial charge >= 0.3 is 0 Å². The summed E-state index contributed by atoms with van der Waals surface area (Å²) >= 11 is 0. The van der Waals surface area contributed by atoms with E-state index < -0.39 is 10.0 Å². The van der Waals surface area contributed by atoms with Gasteiger partial charge in [-0.15, -0.1) is 12.4 Å². The van der Waals surface area contributed by atoms with Gasteiger partial charge in [-0.25, -0.2) is 8.42 Å². The van der Waals surface area contributed by atoms with Crippen LogP contribution in [-0.4, -0.2) is 38.4 Å². The lowest BCUT2D eigenvalue weighted by atomic mass is 9.95. The number of nitrogens with one attached hydrogen (secondary N) is 1. The second-order valence-corrected chi connectivity index (χ2v) is 7.94. The maximum absolute atomic E-state index is 12.8. The molecule has 2 saturated heterocycles. The molecule has 1 N–H and O–H groups in total. The number of aryl methyl sites for hydroxylation is 2. The van der Waals surface area contributed by atoms with Crippen LogP contribution >= 0.6 is 12.4 Å². The average molecular weight is 331 g/mol. The Labute approximate surface area is 133 Å². The lowest BCUT2D eigenvalue weighted by molar-refractivity contribution is 0.247. The topological polar surface area (TPSA) is 49.4 Å². The molecule has 0 spiro atoms. The number of halogens is 1. The van der Waals surface area contributed by atoms with E-state index in [0.717, 1.165) is 30.5 Å². The van der Waals surface area contributed by atoms with Gasteiger partial charge in [0, 0.05) is 19.1 Å². The molecule has 2 fully saturated rings. The number of piperidine rings is 1. The summed E-state index contributed by atoms with van der Waals surface area (Å²) in [4.78, 5) is 0.465. The molecule has 2 atom stereocenters. The van der Waals surface area contributed by atoms with Crippen LogP contribution in [0.2, 0.25) is 0 Å². The molecule has 21 heavy (non-hydrogen) atoms. The van der Waals surface area contributed by atoms with Crippen molar-refractivity contribution in [1.82, 2.24) is 9.62 Å². The Morgan fingerprint density at radius 2 is 2.00 bits per heavy atom. The van der Waals surface area contributed by atoms with Gasteiger partial charge < -0.3 is 5.32 Å². The van der Waals surface area contributed by atoms with Crippen molar-refractivity contribution >= 4 is 22.4 Å². The molecule has 0 aliphatic carbocycles. The summed E-state index contributed by atoms with van der Waals surface area (Å²) in [5, 5.41) is 3.47. The predicted octanol–water partition coefficient (Wildman–Crippen LogP) is 2.10. The van der Waals surface area contributed by atoms with Crippen molar-refractivity contribution in [3.63, 3.8) is 0 Å². The first kappa shape index (κ1) is 16.7. The van der Waals surface area contributed by atoms with E-state index in [0.29, 0.717) is 29.9 Å². The Bertz CT molecular complexity index is 618. The van der Waals surface area contributed by atoms with Crippen LogP contribution < -0.4 is 5.32 Å². The van der Waals surface area contributed by atoms with Crippen molar-refractivity contribution in [3.8, 4) is 0 Å². The number of nitrogens with zero attached hydrogens (tertiary/aromatic N) is 1. The SMILES string of the molecule is Cc1ccc(S(=O)(=O)N2CCC3NCCC3C2)c(C)c1.Cl. The summed E-state index contributed by atoms with van der Waals surface area (Å²) in [5.74, 6) is 0.476. The highest BCUT2D eigenvalue weighted by molar-refractivity contribution is 7.89. The first-order chi connectivity index (χ1) is 9.48. The quantitative estimate of drug-likeness (QED) is 0.903.